The molecule has 0 radical (unpaired) electrons. The van der Waals surface area contributed by atoms with Crippen LogP contribution in [0.15, 0.2) is 48.5 Å². The number of fused-ring (bicyclic) bond motifs is 2. The van der Waals surface area contributed by atoms with Crippen LogP contribution in [0.4, 0.5) is 26.3 Å². The van der Waals surface area contributed by atoms with Gasteiger partial charge in [-0.05, 0) is 134 Å². The summed E-state index contributed by atoms with van der Waals surface area (Å²) in [6.07, 6.45) is -13.3. The first kappa shape index (κ1) is 74.6. The van der Waals surface area contributed by atoms with Crippen molar-refractivity contribution in [3.05, 3.63) is 70.8 Å². The van der Waals surface area contributed by atoms with Gasteiger partial charge in [0.05, 0.1) is 12.1 Å². The van der Waals surface area contributed by atoms with Gasteiger partial charge in [0.2, 0.25) is 11.8 Å². The number of nitrogens with zero attached hydrogens (tertiary/aromatic N) is 2. The van der Waals surface area contributed by atoms with Crippen LogP contribution in [0.5, 0.6) is 0 Å². The molecule has 2 atom stereocenters. The first-order valence-corrected chi connectivity index (χ1v) is 28.8. The summed E-state index contributed by atoms with van der Waals surface area (Å²) in [5.74, 6) is -16.6. The third-order valence-corrected chi connectivity index (χ3v) is 15.9. The second-order valence-electron chi connectivity index (χ2n) is 22.4. The van der Waals surface area contributed by atoms with Gasteiger partial charge in [-0.15, -0.1) is 0 Å². The lowest BCUT2D eigenvalue weighted by atomic mass is 9.82. The zero-order chi connectivity index (χ0) is 70.5. The predicted octanol–water partition coefficient (Wildman–Crippen LogP) is 6.09. The maximum Gasteiger partial charge on any atom is 0.490 e. The number of nitrogens with one attached hydrogen (secondary N) is 2. The van der Waals surface area contributed by atoms with E-state index in [4.69, 9.17) is 31.3 Å². The van der Waals surface area contributed by atoms with Gasteiger partial charge in [-0.1, -0.05) is 24.3 Å². The van der Waals surface area contributed by atoms with E-state index in [0.29, 0.717) is 43.1 Å². The van der Waals surface area contributed by atoms with Crippen molar-refractivity contribution in [1.29, 1.82) is 0 Å². The number of carboxylic acid groups (broad SMARTS) is 8. The van der Waals surface area contributed by atoms with Gasteiger partial charge in [-0.3, -0.25) is 67.3 Å². The lowest BCUT2D eigenvalue weighted by Gasteiger charge is -2.35. The van der Waals surface area contributed by atoms with Crippen molar-refractivity contribution in [2.75, 3.05) is 13.1 Å². The normalized spacial score (nSPS) is 13.8. The molecule has 0 spiro atoms. The number of carbonyl (C=O) groups excluding carboxylic acids is 6. The van der Waals surface area contributed by atoms with Crippen LogP contribution in [-0.2, 0) is 47.9 Å². The van der Waals surface area contributed by atoms with Crippen molar-refractivity contribution in [3.63, 3.8) is 0 Å². The molecule has 0 fully saturated rings. The van der Waals surface area contributed by atoms with Crippen LogP contribution in [0.3, 0.4) is 0 Å². The van der Waals surface area contributed by atoms with Crippen molar-refractivity contribution >= 4 is 126 Å². The van der Waals surface area contributed by atoms with E-state index in [2.05, 4.69) is 10.6 Å². The standard InChI is InChI=1S/C56H62N6O18.2C2HF3O2/c57-37(49(75)59-55(21-15-39(63)64,22-16-40(65)66)23-17-41(67)68)5-1-3-27-61-51(77)33-11-7-29-31-9-13-35-48-36(14-10-32(46(31)48)30-8-12-34(52(61)78)47(33)45(29)30)54(80)62(53(35)79)28-4-2-6-38(58)50(76)60-56(24-18-42(69)70,25-19-43(71)72)26-20-44(73)74;2*3-2(4,5)1(6)7/h7-14,37-38H,1-6,15-28,57-58H2,(H,59,75)(H,60,76)(H,63,64)(H,65,66)(H,67,68)(H,69,70)(H,71,72)(H,73,74);2*(H,6,7)/t37-,38-;;/m1../s1. The van der Waals surface area contributed by atoms with Gasteiger partial charge in [-0.2, -0.15) is 26.3 Å². The Kier molecular flexibility index (Phi) is 24.6. The Balaban J connectivity index is 0.00000103. The van der Waals surface area contributed by atoms with E-state index in [1.165, 1.54) is 0 Å². The zero-order valence-corrected chi connectivity index (χ0v) is 49.5. The molecular formula is C60H64F6N6O22. The number of carboxylic acids is 8. The Labute approximate surface area is 526 Å². The number of unbranched alkanes of at least 4 members (excludes halogenated alkanes) is 2. The molecule has 7 rings (SSSR count). The van der Waals surface area contributed by atoms with E-state index < -0.39 is 157 Å². The quantitative estimate of drug-likeness (QED) is 0.00761. The minimum Gasteiger partial charge on any atom is -0.481 e. The second kappa shape index (κ2) is 31.0. The summed E-state index contributed by atoms with van der Waals surface area (Å²) in [7, 11) is 0. The number of nitrogens with two attached hydrogens (primary N) is 2. The van der Waals surface area contributed by atoms with Crippen LogP contribution in [0, 0.1) is 0 Å². The van der Waals surface area contributed by atoms with Crippen LogP contribution in [0.1, 0.15) is 157 Å². The van der Waals surface area contributed by atoms with Gasteiger partial charge in [0.15, 0.2) is 0 Å². The molecule has 28 nitrogen and oxygen atoms in total. The maximum atomic E-state index is 14.2. The molecule has 0 unspecified atom stereocenters. The SMILES string of the molecule is N[C@H](CCCCN1C(=O)c2ccc3c4ccc5c6c(ccc(c7ccc(c2c37)C1=O)c64)C(=O)N(CCCC[C@@H](N)C(=O)NC(CCC(=O)O)(CCC(=O)O)CCC(=O)O)C5=O)C(=O)NC(CCC(=O)O)(CCC(=O)O)CCC(=O)O.O=C(O)C(F)(F)F.O=C(O)C(F)(F)F. The Morgan fingerprint density at radius 2 is 0.585 bits per heavy atom. The van der Waals surface area contributed by atoms with Crippen molar-refractivity contribution in [3.8, 4) is 0 Å². The molecule has 0 bridgehead atoms. The summed E-state index contributed by atoms with van der Waals surface area (Å²) in [5, 5.41) is 80.4. The van der Waals surface area contributed by atoms with Crippen LogP contribution in [0.25, 0.3) is 43.1 Å². The molecule has 0 aliphatic carbocycles. The number of hydrogen-bond donors (Lipinski definition) is 12. The summed E-state index contributed by atoms with van der Waals surface area (Å²) in [4.78, 5) is 172. The Morgan fingerprint density at radius 1 is 0.372 bits per heavy atom. The number of imide groups is 2. The van der Waals surface area contributed by atoms with E-state index in [-0.39, 0.29) is 112 Å². The van der Waals surface area contributed by atoms with E-state index in [9.17, 15) is 115 Å². The van der Waals surface area contributed by atoms with Crippen LogP contribution in [-0.4, -0.2) is 182 Å². The number of hydrogen-bond acceptors (Lipinski definition) is 16. The zero-order valence-electron chi connectivity index (χ0n) is 49.5. The molecule has 6 amide bonds. The number of carbonyl (C=O) groups is 14. The largest absolute Gasteiger partial charge is 0.490 e. The molecule has 34 heteroatoms. The Morgan fingerprint density at radius 3 is 0.777 bits per heavy atom. The van der Waals surface area contributed by atoms with Crippen molar-refractivity contribution in [2.24, 2.45) is 11.5 Å². The molecule has 94 heavy (non-hydrogen) atoms. The molecule has 2 heterocycles. The average molecular weight is 1340 g/mol. The smallest absolute Gasteiger partial charge is 0.481 e. The molecule has 0 saturated heterocycles. The molecule has 2 aliphatic rings. The Hall–Kier alpha value is -10.1. The third kappa shape index (κ3) is 18.6. The summed E-state index contributed by atoms with van der Waals surface area (Å²) in [6, 6.07) is 11.2. The molecule has 5 aromatic carbocycles. The van der Waals surface area contributed by atoms with Crippen molar-refractivity contribution in [2.45, 2.75) is 151 Å². The molecule has 0 saturated carbocycles. The van der Waals surface area contributed by atoms with E-state index >= 15 is 0 Å². The summed E-state index contributed by atoms with van der Waals surface area (Å²) >= 11 is 0. The van der Waals surface area contributed by atoms with Gasteiger partial charge >= 0.3 is 60.1 Å². The van der Waals surface area contributed by atoms with Gasteiger partial charge < -0.3 is 63.0 Å². The first-order valence-electron chi connectivity index (χ1n) is 28.8. The highest BCUT2D eigenvalue weighted by Crippen LogP contribution is 2.46. The lowest BCUT2D eigenvalue weighted by Crippen LogP contribution is -2.54. The minimum atomic E-state index is -5.08. The fraction of sp³-hybridized carbons (Fsp3) is 0.433. The van der Waals surface area contributed by atoms with E-state index in [1.807, 2.05) is 0 Å². The summed E-state index contributed by atoms with van der Waals surface area (Å²) in [5.41, 5.74) is 10.6. The maximum absolute atomic E-state index is 14.2. The summed E-state index contributed by atoms with van der Waals surface area (Å²) in [6.45, 7) is -0.0814. The second-order valence-corrected chi connectivity index (χ2v) is 22.4. The number of aliphatic carboxylic acids is 8. The summed E-state index contributed by atoms with van der Waals surface area (Å²) < 4.78 is 63.5. The number of halogens is 6. The molecule has 0 aromatic heterocycles. The Bertz CT molecular complexity index is 3380. The molecule has 2 aliphatic heterocycles. The van der Waals surface area contributed by atoms with Gasteiger partial charge in [0.1, 0.15) is 0 Å². The minimum absolute atomic E-state index is 0.0407. The highest BCUT2D eigenvalue weighted by Gasteiger charge is 2.41. The monoisotopic (exact) mass is 1330 g/mol. The van der Waals surface area contributed by atoms with Gasteiger partial charge in [-0.25, -0.2) is 9.59 Å². The van der Waals surface area contributed by atoms with Gasteiger partial charge in [0.25, 0.3) is 23.6 Å². The van der Waals surface area contributed by atoms with Crippen LogP contribution < -0.4 is 22.1 Å². The van der Waals surface area contributed by atoms with Crippen LogP contribution >= 0.6 is 0 Å². The third-order valence-electron chi connectivity index (χ3n) is 15.9. The first-order chi connectivity index (χ1) is 43.8. The molecule has 508 valence electrons. The number of rotatable bonds is 32. The topological polar surface area (TPSA) is 483 Å². The molecule has 5 aromatic rings. The molecule has 14 N–H and O–H groups in total. The fourth-order valence-electron chi connectivity index (χ4n) is 11.2. The lowest BCUT2D eigenvalue weighted by molar-refractivity contribution is -0.193. The fourth-order valence-corrected chi connectivity index (χ4v) is 11.2. The highest BCUT2D eigenvalue weighted by atomic mass is 19.4. The highest BCUT2D eigenvalue weighted by molar-refractivity contribution is 6.41. The number of alkyl halides is 6. The number of benzene rings is 5. The van der Waals surface area contributed by atoms with Crippen molar-refractivity contribution < 1.29 is 134 Å². The van der Waals surface area contributed by atoms with E-state index in [0.717, 1.165) is 9.80 Å². The van der Waals surface area contributed by atoms with Crippen LogP contribution in [0.2, 0.25) is 0 Å². The number of amides is 6. The average Bonchev–Trinajstić information content (AvgIpc) is 0.693. The molecular weight excluding hydrogens is 1270 g/mol. The van der Waals surface area contributed by atoms with Gasteiger partial charge in [0, 0.05) is 95.7 Å². The predicted molar refractivity (Wildman–Crippen MR) is 312 cm³/mol. The van der Waals surface area contributed by atoms with Crippen molar-refractivity contribution in [1.82, 2.24) is 20.4 Å². The van der Waals surface area contributed by atoms with E-state index in [1.54, 1.807) is 48.5 Å².